The minimum atomic E-state index is -2.90. The van der Waals surface area contributed by atoms with Gasteiger partial charge >= 0.3 is 6.61 Å². The SMILES string of the molecule is CCNC(=NCc1ccc(OC)c(OC(F)F)c1)NCC1CCCN1CC.I. The zero-order valence-corrected chi connectivity index (χ0v) is 19.0. The third-order valence-electron chi connectivity index (χ3n) is 4.62. The molecule has 9 heteroatoms. The summed E-state index contributed by atoms with van der Waals surface area (Å²) >= 11 is 0. The molecular formula is C19H31F2IN4O2. The van der Waals surface area contributed by atoms with Crippen LogP contribution in [0.25, 0.3) is 0 Å². The Morgan fingerprint density at radius 2 is 2.07 bits per heavy atom. The molecule has 1 aromatic carbocycles. The summed E-state index contributed by atoms with van der Waals surface area (Å²) in [6.07, 6.45) is 2.42. The van der Waals surface area contributed by atoms with E-state index in [-0.39, 0.29) is 35.5 Å². The maximum Gasteiger partial charge on any atom is 0.387 e. The predicted molar refractivity (Wildman–Crippen MR) is 118 cm³/mol. The molecular weight excluding hydrogens is 481 g/mol. The van der Waals surface area contributed by atoms with Crippen molar-refractivity contribution >= 4 is 29.9 Å². The zero-order chi connectivity index (χ0) is 19.6. The third-order valence-corrected chi connectivity index (χ3v) is 4.62. The van der Waals surface area contributed by atoms with Crippen LogP contribution < -0.4 is 20.1 Å². The van der Waals surface area contributed by atoms with Gasteiger partial charge in [0.05, 0.1) is 13.7 Å². The Kier molecular flexibility index (Phi) is 11.4. The molecule has 0 amide bonds. The van der Waals surface area contributed by atoms with Gasteiger partial charge in [0, 0.05) is 19.1 Å². The lowest BCUT2D eigenvalue weighted by Crippen LogP contribution is -2.44. The average Bonchev–Trinajstić information content (AvgIpc) is 3.11. The third kappa shape index (κ3) is 7.57. The Morgan fingerprint density at radius 1 is 1.29 bits per heavy atom. The van der Waals surface area contributed by atoms with Gasteiger partial charge in [0.25, 0.3) is 0 Å². The highest BCUT2D eigenvalue weighted by Crippen LogP contribution is 2.29. The van der Waals surface area contributed by atoms with Crippen LogP contribution in [0.2, 0.25) is 0 Å². The molecule has 0 aromatic heterocycles. The van der Waals surface area contributed by atoms with Crippen LogP contribution in [0.4, 0.5) is 8.78 Å². The summed E-state index contributed by atoms with van der Waals surface area (Å²) in [6.45, 7) is 5.42. The number of hydrogen-bond acceptors (Lipinski definition) is 4. The number of nitrogens with zero attached hydrogens (tertiary/aromatic N) is 2. The van der Waals surface area contributed by atoms with Crippen molar-refractivity contribution in [3.05, 3.63) is 23.8 Å². The standard InChI is InChI=1S/C19H30F2N4O2.HI/c1-4-22-19(24-13-15-7-6-10-25(15)5-2)23-12-14-8-9-16(26-3)17(11-14)27-18(20)21;/h8-9,11,15,18H,4-7,10,12-13H2,1-3H3,(H2,22,23,24);1H. The highest BCUT2D eigenvalue weighted by molar-refractivity contribution is 14.0. The van der Waals surface area contributed by atoms with Crippen molar-refractivity contribution in [2.45, 2.75) is 45.9 Å². The zero-order valence-electron chi connectivity index (χ0n) is 16.7. The summed E-state index contributed by atoms with van der Waals surface area (Å²) < 4.78 is 34.7. The molecule has 1 heterocycles. The minimum absolute atomic E-state index is 0. The molecule has 1 atom stereocenters. The number of ether oxygens (including phenoxy) is 2. The van der Waals surface area contributed by atoms with Gasteiger partial charge in [-0.2, -0.15) is 8.78 Å². The number of halogens is 3. The first kappa shape index (κ1) is 24.7. The lowest BCUT2D eigenvalue weighted by atomic mass is 10.2. The van der Waals surface area contributed by atoms with Crippen LogP contribution in [0.3, 0.4) is 0 Å². The van der Waals surface area contributed by atoms with Gasteiger partial charge in [-0.15, -0.1) is 24.0 Å². The van der Waals surface area contributed by atoms with Crippen molar-refractivity contribution in [1.29, 1.82) is 0 Å². The van der Waals surface area contributed by atoms with Crippen LogP contribution in [0.1, 0.15) is 32.3 Å². The second-order valence-corrected chi connectivity index (χ2v) is 6.36. The number of likely N-dealkylation sites (tertiary alicyclic amines) is 1. The highest BCUT2D eigenvalue weighted by Gasteiger charge is 2.22. The summed E-state index contributed by atoms with van der Waals surface area (Å²) in [5.41, 5.74) is 0.764. The van der Waals surface area contributed by atoms with E-state index in [4.69, 9.17) is 4.74 Å². The van der Waals surface area contributed by atoms with E-state index in [0.29, 0.717) is 18.5 Å². The van der Waals surface area contributed by atoms with Gasteiger partial charge in [-0.3, -0.25) is 4.90 Å². The van der Waals surface area contributed by atoms with E-state index in [1.165, 1.54) is 26.0 Å². The van der Waals surface area contributed by atoms with Crippen molar-refractivity contribution in [3.63, 3.8) is 0 Å². The second kappa shape index (κ2) is 13.0. The fraction of sp³-hybridized carbons (Fsp3) is 0.632. The van der Waals surface area contributed by atoms with E-state index in [2.05, 4.69) is 32.2 Å². The van der Waals surface area contributed by atoms with Crippen molar-refractivity contribution < 1.29 is 18.3 Å². The lowest BCUT2D eigenvalue weighted by molar-refractivity contribution is -0.0512. The quantitative estimate of drug-likeness (QED) is 0.302. The summed E-state index contributed by atoms with van der Waals surface area (Å²) in [7, 11) is 1.42. The fourth-order valence-electron chi connectivity index (χ4n) is 3.28. The van der Waals surface area contributed by atoms with Gasteiger partial charge in [-0.05, 0) is 50.6 Å². The Bertz CT molecular complexity index is 620. The number of guanidine groups is 1. The number of nitrogens with one attached hydrogen (secondary N) is 2. The Hall–Kier alpha value is -1.36. The summed E-state index contributed by atoms with van der Waals surface area (Å²) in [4.78, 5) is 7.03. The molecule has 1 aliphatic rings. The van der Waals surface area contributed by atoms with Gasteiger partial charge in [-0.1, -0.05) is 13.0 Å². The van der Waals surface area contributed by atoms with E-state index in [9.17, 15) is 8.78 Å². The summed E-state index contributed by atoms with van der Waals surface area (Å²) in [5.74, 6) is 1.00. The molecule has 1 unspecified atom stereocenters. The monoisotopic (exact) mass is 512 g/mol. The first-order valence-electron chi connectivity index (χ1n) is 9.45. The number of methoxy groups -OCH3 is 1. The van der Waals surface area contributed by atoms with Gasteiger partial charge in [-0.25, -0.2) is 4.99 Å². The molecule has 1 aliphatic heterocycles. The summed E-state index contributed by atoms with van der Waals surface area (Å²) in [5, 5.41) is 6.61. The minimum Gasteiger partial charge on any atom is -0.493 e. The van der Waals surface area contributed by atoms with Crippen molar-refractivity contribution in [2.75, 3.05) is 33.3 Å². The number of rotatable bonds is 9. The van der Waals surface area contributed by atoms with E-state index >= 15 is 0 Å². The van der Waals surface area contributed by atoms with Gasteiger partial charge in [0.2, 0.25) is 0 Å². The largest absolute Gasteiger partial charge is 0.493 e. The summed E-state index contributed by atoms with van der Waals surface area (Å²) in [6, 6.07) is 5.46. The molecule has 6 nitrogen and oxygen atoms in total. The van der Waals surface area contributed by atoms with Crippen LogP contribution in [-0.4, -0.2) is 56.8 Å². The normalized spacial score (nSPS) is 17.4. The van der Waals surface area contributed by atoms with Crippen LogP contribution in [-0.2, 0) is 6.54 Å². The highest BCUT2D eigenvalue weighted by atomic mass is 127. The molecule has 0 aliphatic carbocycles. The van der Waals surface area contributed by atoms with Gasteiger partial charge in [0.1, 0.15) is 0 Å². The second-order valence-electron chi connectivity index (χ2n) is 6.36. The molecule has 1 aromatic rings. The molecule has 28 heavy (non-hydrogen) atoms. The molecule has 0 bridgehead atoms. The number of hydrogen-bond donors (Lipinski definition) is 2. The number of likely N-dealkylation sites (N-methyl/N-ethyl adjacent to an activating group) is 1. The van der Waals surface area contributed by atoms with Crippen molar-refractivity contribution in [2.24, 2.45) is 4.99 Å². The Morgan fingerprint density at radius 3 is 2.71 bits per heavy atom. The smallest absolute Gasteiger partial charge is 0.387 e. The first-order valence-corrected chi connectivity index (χ1v) is 9.45. The molecule has 1 saturated heterocycles. The molecule has 2 N–H and O–H groups in total. The number of benzene rings is 1. The Balaban J connectivity index is 0.00000392. The van der Waals surface area contributed by atoms with Gasteiger partial charge in [0.15, 0.2) is 17.5 Å². The van der Waals surface area contributed by atoms with Crippen molar-refractivity contribution in [1.82, 2.24) is 15.5 Å². The molecule has 1 fully saturated rings. The van der Waals surface area contributed by atoms with Crippen LogP contribution in [0, 0.1) is 0 Å². The van der Waals surface area contributed by atoms with E-state index in [1.54, 1.807) is 12.1 Å². The predicted octanol–water partition coefficient (Wildman–Crippen LogP) is 3.45. The van der Waals surface area contributed by atoms with E-state index in [0.717, 1.165) is 31.7 Å². The van der Waals surface area contributed by atoms with Crippen molar-refractivity contribution in [3.8, 4) is 11.5 Å². The molecule has 2 rings (SSSR count). The molecule has 160 valence electrons. The van der Waals surface area contributed by atoms with E-state index in [1.807, 2.05) is 6.92 Å². The van der Waals surface area contributed by atoms with Crippen LogP contribution in [0.15, 0.2) is 23.2 Å². The Labute approximate surface area is 183 Å². The number of aliphatic imine (C=N–C) groups is 1. The first-order chi connectivity index (χ1) is 13.1. The molecule has 0 radical (unpaired) electrons. The molecule has 0 saturated carbocycles. The van der Waals surface area contributed by atoms with Gasteiger partial charge < -0.3 is 20.1 Å². The topological polar surface area (TPSA) is 58.1 Å². The van der Waals surface area contributed by atoms with Crippen LogP contribution >= 0.6 is 24.0 Å². The molecule has 0 spiro atoms. The average molecular weight is 512 g/mol. The maximum atomic E-state index is 12.6. The maximum absolute atomic E-state index is 12.6. The van der Waals surface area contributed by atoms with Crippen LogP contribution in [0.5, 0.6) is 11.5 Å². The van der Waals surface area contributed by atoms with E-state index < -0.39 is 6.61 Å². The lowest BCUT2D eigenvalue weighted by Gasteiger charge is -2.24. The number of alkyl halides is 2. The fourth-order valence-corrected chi connectivity index (χ4v) is 3.28.